The van der Waals surface area contributed by atoms with E-state index in [4.69, 9.17) is 31.2 Å². The summed E-state index contributed by atoms with van der Waals surface area (Å²) >= 11 is 5.88. The van der Waals surface area contributed by atoms with Crippen LogP contribution in [-0.2, 0) is 9.53 Å². The number of anilines is 1. The van der Waals surface area contributed by atoms with Crippen molar-refractivity contribution in [3.63, 3.8) is 0 Å². The van der Waals surface area contributed by atoms with E-state index in [1.54, 1.807) is 19.2 Å². The highest BCUT2D eigenvalue weighted by Gasteiger charge is 2.35. The Bertz CT molecular complexity index is 1160. The Morgan fingerprint density at radius 3 is 2.66 bits per heavy atom. The summed E-state index contributed by atoms with van der Waals surface area (Å²) in [6.45, 7) is -0.488. The highest BCUT2D eigenvalue weighted by Crippen LogP contribution is 2.33. The van der Waals surface area contributed by atoms with Gasteiger partial charge in [0.05, 0.1) is 35.4 Å². The van der Waals surface area contributed by atoms with Crippen LogP contribution < -0.4 is 10.5 Å². The van der Waals surface area contributed by atoms with E-state index >= 15 is 0 Å². The smallest absolute Gasteiger partial charge is 0.338 e. The lowest BCUT2D eigenvalue weighted by atomic mass is 10.0. The van der Waals surface area contributed by atoms with E-state index in [0.717, 1.165) is 11.3 Å². The molecule has 0 saturated heterocycles. The summed E-state index contributed by atoms with van der Waals surface area (Å²) in [4.78, 5) is 25.2. The highest BCUT2D eigenvalue weighted by molar-refractivity contribution is 6.33. The Balaban J connectivity index is 1.51. The van der Waals surface area contributed by atoms with Crippen LogP contribution in [0.1, 0.15) is 34.1 Å². The number of hydrogen-bond donors (Lipinski definition) is 1. The van der Waals surface area contributed by atoms with Gasteiger partial charge in [-0.2, -0.15) is 5.10 Å². The van der Waals surface area contributed by atoms with Crippen LogP contribution in [-0.4, -0.2) is 36.3 Å². The molecule has 0 fully saturated rings. The standard InChI is InChI=1S/C23H20ClN3O5/c1-30-16-7-4-14(5-8-16)19-12-20(21-3-2-10-31-21)27(26-19)22(28)13-32-23(29)15-6-9-17(24)18(25)11-15/h2-11,20H,12-13,25H2,1H3. The number of furan rings is 1. The van der Waals surface area contributed by atoms with Crippen molar-refractivity contribution in [1.82, 2.24) is 5.01 Å². The van der Waals surface area contributed by atoms with Crippen LogP contribution in [0.15, 0.2) is 70.4 Å². The number of halogens is 1. The molecular weight excluding hydrogens is 434 g/mol. The van der Waals surface area contributed by atoms with Crippen LogP contribution in [0.25, 0.3) is 0 Å². The molecule has 0 spiro atoms. The number of carbonyl (C=O) groups excluding carboxylic acids is 2. The Kier molecular flexibility index (Phi) is 6.13. The van der Waals surface area contributed by atoms with Crippen molar-refractivity contribution in [2.75, 3.05) is 19.5 Å². The number of carbonyl (C=O) groups is 2. The number of amides is 1. The third-order valence-electron chi connectivity index (χ3n) is 5.02. The molecular formula is C23H20ClN3O5. The molecule has 1 atom stereocenters. The van der Waals surface area contributed by atoms with Crippen LogP contribution in [0.2, 0.25) is 5.02 Å². The van der Waals surface area contributed by atoms with Crippen LogP contribution in [0.5, 0.6) is 5.75 Å². The molecule has 9 heteroatoms. The first kappa shape index (κ1) is 21.5. The Morgan fingerprint density at radius 1 is 1.22 bits per heavy atom. The zero-order valence-electron chi connectivity index (χ0n) is 17.2. The Morgan fingerprint density at radius 2 is 2.00 bits per heavy atom. The van der Waals surface area contributed by atoms with Crippen molar-refractivity contribution in [3.05, 3.63) is 82.8 Å². The number of hydrogen-bond acceptors (Lipinski definition) is 7. The van der Waals surface area contributed by atoms with E-state index in [1.807, 2.05) is 24.3 Å². The highest BCUT2D eigenvalue weighted by atomic mass is 35.5. The van der Waals surface area contributed by atoms with Gasteiger partial charge in [-0.1, -0.05) is 11.6 Å². The maximum Gasteiger partial charge on any atom is 0.338 e. The van der Waals surface area contributed by atoms with Gasteiger partial charge in [0, 0.05) is 6.42 Å². The lowest BCUT2D eigenvalue weighted by Crippen LogP contribution is -2.31. The van der Waals surface area contributed by atoms with Gasteiger partial charge < -0.3 is 19.6 Å². The Labute approximate surface area is 189 Å². The topological polar surface area (TPSA) is 107 Å². The van der Waals surface area contributed by atoms with Gasteiger partial charge in [-0.3, -0.25) is 4.79 Å². The second-order valence-corrected chi connectivity index (χ2v) is 7.47. The number of benzene rings is 2. The fourth-order valence-corrected chi connectivity index (χ4v) is 3.47. The monoisotopic (exact) mass is 453 g/mol. The van der Waals surface area contributed by atoms with Gasteiger partial charge in [-0.25, -0.2) is 9.80 Å². The zero-order chi connectivity index (χ0) is 22.7. The van der Waals surface area contributed by atoms with Crippen molar-refractivity contribution in [1.29, 1.82) is 0 Å². The summed E-state index contributed by atoms with van der Waals surface area (Å²) in [6, 6.07) is 14.8. The number of methoxy groups -OCH3 is 1. The lowest BCUT2D eigenvalue weighted by Gasteiger charge is -2.19. The number of nitrogen functional groups attached to an aromatic ring is 1. The van der Waals surface area contributed by atoms with Crippen molar-refractivity contribution < 1.29 is 23.5 Å². The van der Waals surface area contributed by atoms with Crippen molar-refractivity contribution in [2.45, 2.75) is 12.5 Å². The van der Waals surface area contributed by atoms with Gasteiger partial charge in [-0.15, -0.1) is 0 Å². The van der Waals surface area contributed by atoms with Crippen molar-refractivity contribution >= 4 is 34.9 Å². The molecule has 1 aromatic heterocycles. The molecule has 8 nitrogen and oxygen atoms in total. The zero-order valence-corrected chi connectivity index (χ0v) is 17.9. The van der Waals surface area contributed by atoms with E-state index in [2.05, 4.69) is 5.10 Å². The summed E-state index contributed by atoms with van der Waals surface area (Å²) in [5.41, 5.74) is 7.73. The van der Waals surface area contributed by atoms with Crippen molar-refractivity contribution in [2.24, 2.45) is 5.10 Å². The summed E-state index contributed by atoms with van der Waals surface area (Å²) in [7, 11) is 1.59. The molecule has 0 bridgehead atoms. The number of esters is 1. The molecule has 0 radical (unpaired) electrons. The molecule has 2 heterocycles. The van der Waals surface area contributed by atoms with Crippen LogP contribution in [0.3, 0.4) is 0 Å². The molecule has 2 N–H and O–H groups in total. The van der Waals surface area contributed by atoms with E-state index < -0.39 is 24.5 Å². The number of hydrazone groups is 1. The lowest BCUT2D eigenvalue weighted by molar-refractivity contribution is -0.136. The summed E-state index contributed by atoms with van der Waals surface area (Å²) < 4.78 is 15.9. The van der Waals surface area contributed by atoms with Gasteiger partial charge in [-0.05, 0) is 60.2 Å². The first-order valence-electron chi connectivity index (χ1n) is 9.76. The van der Waals surface area contributed by atoms with E-state index in [1.165, 1.54) is 29.5 Å². The third kappa shape index (κ3) is 4.45. The predicted octanol–water partition coefficient (Wildman–Crippen LogP) is 4.06. The minimum absolute atomic E-state index is 0.200. The second kappa shape index (κ2) is 9.15. The molecule has 32 heavy (non-hydrogen) atoms. The van der Waals surface area contributed by atoms with Crippen molar-refractivity contribution in [3.8, 4) is 5.75 Å². The SMILES string of the molecule is COc1ccc(C2=NN(C(=O)COC(=O)c3ccc(Cl)c(N)c3)C(c3ccco3)C2)cc1. The third-order valence-corrected chi connectivity index (χ3v) is 5.36. The molecule has 1 amide bonds. The summed E-state index contributed by atoms with van der Waals surface area (Å²) in [6.07, 6.45) is 1.99. The molecule has 0 saturated carbocycles. The molecule has 0 aliphatic carbocycles. The number of nitrogens with two attached hydrogens (primary N) is 1. The van der Waals surface area contributed by atoms with Gasteiger partial charge in [0.2, 0.25) is 0 Å². The first-order chi connectivity index (χ1) is 15.5. The van der Waals surface area contributed by atoms with E-state index in [-0.39, 0.29) is 11.3 Å². The average molecular weight is 454 g/mol. The maximum atomic E-state index is 12.9. The van der Waals surface area contributed by atoms with Gasteiger partial charge >= 0.3 is 5.97 Å². The molecule has 1 unspecified atom stereocenters. The van der Waals surface area contributed by atoms with Crippen LogP contribution >= 0.6 is 11.6 Å². The molecule has 3 aromatic rings. The number of ether oxygens (including phenoxy) is 2. The van der Waals surface area contributed by atoms with E-state index in [0.29, 0.717) is 22.9 Å². The average Bonchev–Trinajstić information content (AvgIpc) is 3.49. The largest absolute Gasteiger partial charge is 0.497 e. The first-order valence-corrected chi connectivity index (χ1v) is 10.1. The minimum atomic E-state index is -0.685. The summed E-state index contributed by atoms with van der Waals surface area (Å²) in [5, 5.41) is 6.12. The minimum Gasteiger partial charge on any atom is -0.497 e. The predicted molar refractivity (Wildman–Crippen MR) is 119 cm³/mol. The molecule has 2 aromatic carbocycles. The van der Waals surface area contributed by atoms with E-state index in [9.17, 15) is 9.59 Å². The molecule has 1 aliphatic heterocycles. The van der Waals surface area contributed by atoms with Crippen LogP contribution in [0, 0.1) is 0 Å². The van der Waals surface area contributed by atoms with Gasteiger partial charge in [0.1, 0.15) is 17.6 Å². The quantitative estimate of drug-likeness (QED) is 0.445. The number of rotatable bonds is 6. The second-order valence-electron chi connectivity index (χ2n) is 7.06. The maximum absolute atomic E-state index is 12.9. The van der Waals surface area contributed by atoms with Gasteiger partial charge in [0.25, 0.3) is 5.91 Å². The Hall–Kier alpha value is -3.78. The fourth-order valence-electron chi connectivity index (χ4n) is 3.35. The molecule has 4 rings (SSSR count). The summed E-state index contributed by atoms with van der Waals surface area (Å²) in [5.74, 6) is 0.139. The number of nitrogens with zero attached hydrogens (tertiary/aromatic N) is 2. The molecule has 1 aliphatic rings. The van der Waals surface area contributed by atoms with Crippen LogP contribution in [0.4, 0.5) is 5.69 Å². The normalized spacial score (nSPS) is 15.4. The molecule has 164 valence electrons. The fraction of sp³-hybridized carbons (Fsp3) is 0.174. The van der Waals surface area contributed by atoms with Gasteiger partial charge in [0.15, 0.2) is 6.61 Å².